The van der Waals surface area contributed by atoms with Crippen molar-refractivity contribution in [2.24, 2.45) is 0 Å². The van der Waals surface area contributed by atoms with Gasteiger partial charge in [0.1, 0.15) is 0 Å². The molecule has 5 nitrogen and oxygen atoms in total. The van der Waals surface area contributed by atoms with Crippen molar-refractivity contribution >= 4 is 39.1 Å². The standard InChI is InChI=1S/C23H18BrClN4O/c1-14-3-5-16(6-4-14)22-27-21(28-29(22)19-10-8-18(25)9-11-19)23(30)26-20-12-7-17(24)13-15(20)2/h3-13H,1-2H3,(H,26,30). The number of nitrogens with one attached hydrogen (secondary N) is 1. The van der Waals surface area contributed by atoms with Crippen LogP contribution in [-0.4, -0.2) is 20.7 Å². The molecule has 3 aromatic carbocycles. The molecule has 0 aliphatic heterocycles. The quantitative estimate of drug-likeness (QED) is 0.376. The van der Waals surface area contributed by atoms with Crippen LogP contribution >= 0.6 is 27.5 Å². The van der Waals surface area contributed by atoms with Gasteiger partial charge in [0.25, 0.3) is 5.91 Å². The first-order valence-corrected chi connectivity index (χ1v) is 10.5. The predicted molar refractivity (Wildman–Crippen MR) is 123 cm³/mol. The molecule has 1 amide bonds. The van der Waals surface area contributed by atoms with Crippen LogP contribution in [0.15, 0.2) is 71.2 Å². The fourth-order valence-corrected chi connectivity index (χ4v) is 3.61. The van der Waals surface area contributed by atoms with E-state index in [1.54, 1.807) is 16.8 Å². The second-order valence-electron chi connectivity index (χ2n) is 6.93. The maximum absolute atomic E-state index is 12.9. The van der Waals surface area contributed by atoms with Crippen LogP contribution < -0.4 is 5.32 Å². The van der Waals surface area contributed by atoms with Gasteiger partial charge < -0.3 is 5.32 Å². The number of anilines is 1. The molecule has 4 aromatic rings. The Labute approximate surface area is 187 Å². The van der Waals surface area contributed by atoms with E-state index in [1.807, 2.05) is 68.4 Å². The highest BCUT2D eigenvalue weighted by Gasteiger charge is 2.19. The zero-order chi connectivity index (χ0) is 21.3. The van der Waals surface area contributed by atoms with Crippen LogP contribution in [-0.2, 0) is 0 Å². The van der Waals surface area contributed by atoms with Gasteiger partial charge in [0.15, 0.2) is 5.82 Å². The summed E-state index contributed by atoms with van der Waals surface area (Å²) in [4.78, 5) is 17.5. The molecule has 0 aliphatic carbocycles. The number of halogens is 2. The van der Waals surface area contributed by atoms with E-state index in [2.05, 4.69) is 31.3 Å². The fraction of sp³-hybridized carbons (Fsp3) is 0.0870. The van der Waals surface area contributed by atoms with Gasteiger partial charge in [0.05, 0.1) is 5.69 Å². The molecule has 30 heavy (non-hydrogen) atoms. The SMILES string of the molecule is Cc1ccc(-c2nc(C(=O)Nc3ccc(Br)cc3C)nn2-c2ccc(Cl)cc2)cc1. The molecule has 7 heteroatoms. The van der Waals surface area contributed by atoms with Crippen LogP contribution in [0.1, 0.15) is 21.7 Å². The first-order valence-electron chi connectivity index (χ1n) is 9.28. The molecule has 4 rings (SSSR count). The van der Waals surface area contributed by atoms with Crippen molar-refractivity contribution in [1.29, 1.82) is 0 Å². The summed E-state index contributed by atoms with van der Waals surface area (Å²) < 4.78 is 2.61. The summed E-state index contributed by atoms with van der Waals surface area (Å²) in [5, 5.41) is 8.01. The van der Waals surface area contributed by atoms with Gasteiger partial charge in [-0.25, -0.2) is 9.67 Å². The topological polar surface area (TPSA) is 59.8 Å². The third-order valence-electron chi connectivity index (χ3n) is 4.63. The molecule has 0 bridgehead atoms. The van der Waals surface area contributed by atoms with Gasteiger partial charge in [-0.1, -0.05) is 57.4 Å². The Bertz CT molecular complexity index is 1150. The first kappa shape index (κ1) is 20.3. The van der Waals surface area contributed by atoms with E-state index in [1.165, 1.54) is 0 Å². The molecule has 1 N–H and O–H groups in total. The summed E-state index contributed by atoms with van der Waals surface area (Å²) in [6.45, 7) is 3.95. The number of rotatable bonds is 4. The number of amides is 1. The van der Waals surface area contributed by atoms with Gasteiger partial charge in [0.2, 0.25) is 5.82 Å². The molecule has 0 spiro atoms. The first-order chi connectivity index (χ1) is 14.4. The predicted octanol–water partition coefficient (Wildman–Crippen LogP) is 6.22. The molecule has 0 unspecified atom stereocenters. The molecule has 0 saturated carbocycles. The van der Waals surface area contributed by atoms with Crippen molar-refractivity contribution < 1.29 is 4.79 Å². The monoisotopic (exact) mass is 480 g/mol. The van der Waals surface area contributed by atoms with Crippen molar-refractivity contribution in [3.8, 4) is 17.1 Å². The number of benzene rings is 3. The minimum Gasteiger partial charge on any atom is -0.319 e. The second-order valence-corrected chi connectivity index (χ2v) is 8.28. The Morgan fingerprint density at radius 3 is 2.37 bits per heavy atom. The van der Waals surface area contributed by atoms with Crippen LogP contribution in [0.25, 0.3) is 17.1 Å². The number of hydrogen-bond donors (Lipinski definition) is 1. The fourth-order valence-electron chi connectivity index (χ4n) is 3.01. The lowest BCUT2D eigenvalue weighted by Crippen LogP contribution is -2.15. The van der Waals surface area contributed by atoms with Gasteiger partial charge in [-0.3, -0.25) is 4.79 Å². The number of aryl methyl sites for hydroxylation is 2. The Hall–Kier alpha value is -2.96. The zero-order valence-corrected chi connectivity index (χ0v) is 18.7. The summed E-state index contributed by atoms with van der Waals surface area (Å²) in [6.07, 6.45) is 0. The smallest absolute Gasteiger partial charge is 0.295 e. The maximum atomic E-state index is 12.9. The number of carbonyl (C=O) groups excluding carboxylic acids is 1. The largest absolute Gasteiger partial charge is 0.319 e. The summed E-state index contributed by atoms with van der Waals surface area (Å²) in [5.41, 5.74) is 4.42. The molecule has 1 heterocycles. The molecular weight excluding hydrogens is 464 g/mol. The van der Waals surface area contributed by atoms with Gasteiger partial charge in [-0.05, 0) is 61.9 Å². The molecule has 0 aliphatic rings. The lowest BCUT2D eigenvalue weighted by molar-refractivity contribution is 0.101. The normalized spacial score (nSPS) is 10.8. The van der Waals surface area contributed by atoms with Gasteiger partial charge >= 0.3 is 0 Å². The maximum Gasteiger partial charge on any atom is 0.295 e. The molecule has 0 saturated heterocycles. The van der Waals surface area contributed by atoms with Crippen LogP contribution in [0.3, 0.4) is 0 Å². The summed E-state index contributed by atoms with van der Waals surface area (Å²) in [7, 11) is 0. The highest BCUT2D eigenvalue weighted by molar-refractivity contribution is 9.10. The number of hydrogen-bond acceptors (Lipinski definition) is 3. The Morgan fingerprint density at radius 2 is 1.70 bits per heavy atom. The van der Waals surface area contributed by atoms with Gasteiger partial charge in [-0.15, -0.1) is 5.10 Å². The Balaban J connectivity index is 1.75. The third-order valence-corrected chi connectivity index (χ3v) is 5.37. The van der Waals surface area contributed by atoms with Crippen LogP contribution in [0, 0.1) is 13.8 Å². The molecule has 0 radical (unpaired) electrons. The summed E-state index contributed by atoms with van der Waals surface area (Å²) >= 11 is 9.46. The zero-order valence-electron chi connectivity index (χ0n) is 16.4. The highest BCUT2D eigenvalue weighted by Crippen LogP contribution is 2.24. The van der Waals surface area contributed by atoms with E-state index >= 15 is 0 Å². The summed E-state index contributed by atoms with van der Waals surface area (Å²) in [5.74, 6) is 0.291. The molecular formula is C23H18BrClN4O. The van der Waals surface area contributed by atoms with Crippen molar-refractivity contribution in [2.75, 3.05) is 5.32 Å². The number of aromatic nitrogens is 3. The van der Waals surface area contributed by atoms with E-state index in [0.29, 0.717) is 16.5 Å². The third kappa shape index (κ3) is 4.30. The highest BCUT2D eigenvalue weighted by atomic mass is 79.9. The molecule has 1 aromatic heterocycles. The van der Waals surface area contributed by atoms with Crippen molar-refractivity contribution in [3.05, 3.63) is 93.2 Å². The minimum atomic E-state index is -0.374. The Morgan fingerprint density at radius 1 is 1.00 bits per heavy atom. The van der Waals surface area contributed by atoms with E-state index in [9.17, 15) is 4.79 Å². The van der Waals surface area contributed by atoms with E-state index in [4.69, 9.17) is 11.6 Å². The van der Waals surface area contributed by atoms with Crippen molar-refractivity contribution in [2.45, 2.75) is 13.8 Å². The molecule has 0 fully saturated rings. The molecule has 150 valence electrons. The average Bonchev–Trinajstić information content (AvgIpc) is 3.17. The lowest BCUT2D eigenvalue weighted by atomic mass is 10.1. The van der Waals surface area contributed by atoms with Gasteiger partial charge in [-0.2, -0.15) is 0 Å². The Kier molecular flexibility index (Phi) is 5.70. The van der Waals surface area contributed by atoms with Crippen LogP contribution in [0.4, 0.5) is 5.69 Å². The molecule has 0 atom stereocenters. The van der Waals surface area contributed by atoms with E-state index < -0.39 is 0 Å². The number of carbonyl (C=O) groups is 1. The van der Waals surface area contributed by atoms with E-state index in [-0.39, 0.29) is 11.7 Å². The average molecular weight is 482 g/mol. The lowest BCUT2D eigenvalue weighted by Gasteiger charge is -2.07. The summed E-state index contributed by atoms with van der Waals surface area (Å²) in [6, 6.07) is 20.8. The minimum absolute atomic E-state index is 0.0860. The van der Waals surface area contributed by atoms with Crippen LogP contribution in [0.2, 0.25) is 5.02 Å². The van der Waals surface area contributed by atoms with Crippen LogP contribution in [0.5, 0.6) is 0 Å². The van der Waals surface area contributed by atoms with E-state index in [0.717, 1.165) is 26.9 Å². The van der Waals surface area contributed by atoms with Crippen molar-refractivity contribution in [3.63, 3.8) is 0 Å². The number of nitrogens with zero attached hydrogens (tertiary/aromatic N) is 3. The second kappa shape index (κ2) is 8.42. The van der Waals surface area contributed by atoms with Crippen molar-refractivity contribution in [1.82, 2.24) is 14.8 Å². The van der Waals surface area contributed by atoms with Gasteiger partial charge in [0, 0.05) is 20.7 Å².